The Hall–Kier alpha value is -1.31. The van der Waals surface area contributed by atoms with E-state index >= 15 is 0 Å². The van der Waals surface area contributed by atoms with Crippen LogP contribution in [0.1, 0.15) is 18.4 Å². The molecule has 0 saturated carbocycles. The van der Waals surface area contributed by atoms with Crippen LogP contribution in [0.25, 0.3) is 0 Å². The van der Waals surface area contributed by atoms with Crippen molar-refractivity contribution in [2.24, 2.45) is 11.7 Å². The summed E-state index contributed by atoms with van der Waals surface area (Å²) in [7, 11) is 0. The predicted octanol–water partition coefficient (Wildman–Crippen LogP) is 0.620. The number of rotatable bonds is 2. The van der Waals surface area contributed by atoms with Crippen molar-refractivity contribution in [2.75, 3.05) is 19.8 Å². The molecule has 0 amide bonds. The summed E-state index contributed by atoms with van der Waals surface area (Å²) >= 11 is 0. The SMILES string of the molecule is NCC#Cc1cnn(C[C@H]2CCCOC2)c1. The molecule has 2 N–H and O–H groups in total. The van der Waals surface area contributed by atoms with Gasteiger partial charge in [-0.3, -0.25) is 4.68 Å². The number of nitrogens with zero attached hydrogens (tertiary/aromatic N) is 2. The standard InChI is InChI=1S/C12H17N3O/c13-5-1-3-11-7-14-15(8-11)9-12-4-2-6-16-10-12/h7-8,12H,2,4-6,9-10,13H2/t12-/m1/s1. The topological polar surface area (TPSA) is 53.1 Å². The summed E-state index contributed by atoms with van der Waals surface area (Å²) in [5, 5.41) is 4.28. The lowest BCUT2D eigenvalue weighted by Gasteiger charge is -2.21. The molecular formula is C12H17N3O. The normalized spacial score (nSPS) is 20.2. The molecule has 2 rings (SSSR count). The average Bonchev–Trinajstić information content (AvgIpc) is 2.75. The summed E-state index contributed by atoms with van der Waals surface area (Å²) in [4.78, 5) is 0. The van der Waals surface area contributed by atoms with Gasteiger partial charge in [-0.25, -0.2) is 0 Å². The summed E-state index contributed by atoms with van der Waals surface area (Å²) in [6, 6.07) is 0. The van der Waals surface area contributed by atoms with Gasteiger partial charge < -0.3 is 10.5 Å². The molecule has 1 aliphatic rings. The highest BCUT2D eigenvalue weighted by atomic mass is 16.5. The Morgan fingerprint density at radius 3 is 3.31 bits per heavy atom. The van der Waals surface area contributed by atoms with Crippen LogP contribution >= 0.6 is 0 Å². The molecular weight excluding hydrogens is 202 g/mol. The number of hydrogen-bond acceptors (Lipinski definition) is 3. The van der Waals surface area contributed by atoms with E-state index in [9.17, 15) is 0 Å². The zero-order valence-electron chi connectivity index (χ0n) is 9.35. The lowest BCUT2D eigenvalue weighted by molar-refractivity contribution is 0.0470. The second-order valence-electron chi connectivity index (χ2n) is 4.04. The Morgan fingerprint density at radius 1 is 1.62 bits per heavy atom. The molecule has 16 heavy (non-hydrogen) atoms. The maximum atomic E-state index is 5.44. The Kier molecular flexibility index (Phi) is 3.97. The van der Waals surface area contributed by atoms with Gasteiger partial charge in [0, 0.05) is 25.3 Å². The summed E-state index contributed by atoms with van der Waals surface area (Å²) in [6.07, 6.45) is 6.14. The van der Waals surface area contributed by atoms with Crippen molar-refractivity contribution in [3.63, 3.8) is 0 Å². The summed E-state index contributed by atoms with van der Waals surface area (Å²) < 4.78 is 7.38. The third kappa shape index (κ3) is 3.09. The van der Waals surface area contributed by atoms with Crippen LogP contribution in [0, 0.1) is 17.8 Å². The molecule has 0 aromatic carbocycles. The van der Waals surface area contributed by atoms with Crippen molar-refractivity contribution >= 4 is 0 Å². The minimum Gasteiger partial charge on any atom is -0.381 e. The largest absolute Gasteiger partial charge is 0.381 e. The van der Waals surface area contributed by atoms with Crippen molar-refractivity contribution < 1.29 is 4.74 Å². The molecule has 1 saturated heterocycles. The van der Waals surface area contributed by atoms with E-state index in [0.29, 0.717) is 12.5 Å². The van der Waals surface area contributed by atoms with E-state index in [2.05, 4.69) is 16.9 Å². The zero-order valence-corrected chi connectivity index (χ0v) is 9.35. The first-order valence-electron chi connectivity index (χ1n) is 5.67. The first-order valence-corrected chi connectivity index (χ1v) is 5.67. The number of ether oxygens (including phenoxy) is 1. The predicted molar refractivity (Wildman–Crippen MR) is 61.7 cm³/mol. The molecule has 1 atom stereocenters. The van der Waals surface area contributed by atoms with E-state index in [0.717, 1.165) is 31.7 Å². The van der Waals surface area contributed by atoms with Gasteiger partial charge in [0.15, 0.2) is 0 Å². The monoisotopic (exact) mass is 219 g/mol. The molecule has 0 spiro atoms. The van der Waals surface area contributed by atoms with Gasteiger partial charge in [0.05, 0.1) is 24.9 Å². The highest BCUT2D eigenvalue weighted by Crippen LogP contribution is 2.15. The zero-order chi connectivity index (χ0) is 11.2. The van der Waals surface area contributed by atoms with Crippen LogP contribution in [0.4, 0.5) is 0 Å². The summed E-state index contributed by atoms with van der Waals surface area (Å²) in [6.45, 7) is 3.07. The van der Waals surface area contributed by atoms with Crippen LogP contribution in [-0.2, 0) is 11.3 Å². The highest BCUT2D eigenvalue weighted by molar-refractivity contribution is 5.29. The Labute approximate surface area is 95.8 Å². The van der Waals surface area contributed by atoms with Gasteiger partial charge in [0.25, 0.3) is 0 Å². The maximum Gasteiger partial charge on any atom is 0.0646 e. The Balaban J connectivity index is 1.91. The van der Waals surface area contributed by atoms with E-state index in [4.69, 9.17) is 10.5 Å². The molecule has 0 radical (unpaired) electrons. The second-order valence-corrected chi connectivity index (χ2v) is 4.04. The molecule has 1 aliphatic heterocycles. The fourth-order valence-electron chi connectivity index (χ4n) is 1.90. The highest BCUT2D eigenvalue weighted by Gasteiger charge is 2.14. The van der Waals surface area contributed by atoms with Crippen molar-refractivity contribution in [3.8, 4) is 11.8 Å². The molecule has 4 heteroatoms. The van der Waals surface area contributed by atoms with Gasteiger partial charge in [-0.1, -0.05) is 11.8 Å². The fraction of sp³-hybridized carbons (Fsp3) is 0.583. The van der Waals surface area contributed by atoms with E-state index in [1.165, 1.54) is 6.42 Å². The number of hydrogen-bond donors (Lipinski definition) is 1. The molecule has 1 fully saturated rings. The van der Waals surface area contributed by atoms with Crippen LogP contribution < -0.4 is 5.73 Å². The molecule has 1 aromatic heterocycles. The second kappa shape index (κ2) is 5.69. The van der Waals surface area contributed by atoms with Crippen molar-refractivity contribution in [2.45, 2.75) is 19.4 Å². The van der Waals surface area contributed by atoms with Gasteiger partial charge in [-0.05, 0) is 12.8 Å². The molecule has 0 bridgehead atoms. The van der Waals surface area contributed by atoms with Crippen LogP contribution in [-0.4, -0.2) is 29.5 Å². The summed E-state index contributed by atoms with van der Waals surface area (Å²) in [5.74, 6) is 6.38. The van der Waals surface area contributed by atoms with Crippen LogP contribution in [0.5, 0.6) is 0 Å². The minimum atomic E-state index is 0.391. The first kappa shape index (κ1) is 11.2. The van der Waals surface area contributed by atoms with E-state index < -0.39 is 0 Å². The number of aromatic nitrogens is 2. The Bertz CT molecular complexity index is 382. The number of nitrogens with two attached hydrogens (primary N) is 1. The molecule has 1 aromatic rings. The Morgan fingerprint density at radius 2 is 2.56 bits per heavy atom. The quantitative estimate of drug-likeness (QED) is 0.742. The lowest BCUT2D eigenvalue weighted by Crippen LogP contribution is -2.22. The van der Waals surface area contributed by atoms with Gasteiger partial charge in [-0.15, -0.1) is 0 Å². The van der Waals surface area contributed by atoms with E-state index in [1.54, 1.807) is 6.20 Å². The van der Waals surface area contributed by atoms with Crippen LogP contribution in [0.3, 0.4) is 0 Å². The van der Waals surface area contributed by atoms with E-state index in [-0.39, 0.29) is 0 Å². The van der Waals surface area contributed by atoms with Crippen molar-refractivity contribution in [1.82, 2.24) is 9.78 Å². The van der Waals surface area contributed by atoms with Gasteiger partial charge >= 0.3 is 0 Å². The maximum absolute atomic E-state index is 5.44. The molecule has 4 nitrogen and oxygen atoms in total. The minimum absolute atomic E-state index is 0.391. The molecule has 2 heterocycles. The molecule has 0 unspecified atom stereocenters. The summed E-state index contributed by atoms with van der Waals surface area (Å²) in [5.41, 5.74) is 6.25. The van der Waals surface area contributed by atoms with Crippen LogP contribution in [0.15, 0.2) is 12.4 Å². The van der Waals surface area contributed by atoms with Crippen molar-refractivity contribution in [3.05, 3.63) is 18.0 Å². The third-order valence-corrected chi connectivity index (χ3v) is 2.67. The molecule has 0 aliphatic carbocycles. The fourth-order valence-corrected chi connectivity index (χ4v) is 1.90. The van der Waals surface area contributed by atoms with E-state index in [1.807, 2.05) is 10.9 Å². The third-order valence-electron chi connectivity index (χ3n) is 2.67. The molecule has 86 valence electrons. The van der Waals surface area contributed by atoms with Gasteiger partial charge in [0.2, 0.25) is 0 Å². The average molecular weight is 219 g/mol. The lowest BCUT2D eigenvalue weighted by atomic mass is 10.0. The van der Waals surface area contributed by atoms with Gasteiger partial charge in [-0.2, -0.15) is 5.10 Å². The van der Waals surface area contributed by atoms with Crippen LogP contribution in [0.2, 0.25) is 0 Å². The smallest absolute Gasteiger partial charge is 0.0646 e. The van der Waals surface area contributed by atoms with Crippen molar-refractivity contribution in [1.29, 1.82) is 0 Å². The first-order chi connectivity index (χ1) is 7.88. The van der Waals surface area contributed by atoms with Gasteiger partial charge in [0.1, 0.15) is 0 Å².